The summed E-state index contributed by atoms with van der Waals surface area (Å²) < 4.78 is 19.7. The van der Waals surface area contributed by atoms with Gasteiger partial charge in [0.15, 0.2) is 11.6 Å². The van der Waals surface area contributed by atoms with Gasteiger partial charge < -0.3 is 19.9 Å². The molecule has 1 fully saturated rings. The van der Waals surface area contributed by atoms with Crippen LogP contribution in [0.1, 0.15) is 33.5 Å². The van der Waals surface area contributed by atoms with Gasteiger partial charge in [-0.05, 0) is 35.4 Å². The maximum Gasteiger partial charge on any atom is 0.321 e. The minimum Gasteiger partial charge on any atom is -0.494 e. The summed E-state index contributed by atoms with van der Waals surface area (Å²) in [5.41, 5.74) is 1.03. The van der Waals surface area contributed by atoms with Gasteiger partial charge in [0.1, 0.15) is 5.41 Å². The Kier molecular flexibility index (Phi) is 5.20. The average molecular weight is 476 g/mol. The molecule has 2 N–H and O–H groups in total. The van der Waals surface area contributed by atoms with Gasteiger partial charge in [-0.2, -0.15) is 0 Å². The molecular weight excluding hydrogens is 455 g/mol. The molecule has 1 saturated heterocycles. The Morgan fingerprint density at radius 1 is 1.09 bits per heavy atom. The number of ether oxygens (including phenoxy) is 1. The van der Waals surface area contributed by atoms with Gasteiger partial charge in [-0.15, -0.1) is 0 Å². The first kappa shape index (κ1) is 22.4. The van der Waals surface area contributed by atoms with Crippen molar-refractivity contribution in [1.82, 2.24) is 15.1 Å². The lowest BCUT2D eigenvalue weighted by Gasteiger charge is -2.26. The number of carbonyl (C=O) groups excluding carboxylic acids is 4. The van der Waals surface area contributed by atoms with Gasteiger partial charge in [0.05, 0.1) is 19.1 Å². The predicted octanol–water partition coefficient (Wildman–Crippen LogP) is 1.85. The summed E-state index contributed by atoms with van der Waals surface area (Å²) in [7, 11) is 2.98. The summed E-state index contributed by atoms with van der Waals surface area (Å²) >= 11 is 0. The molecule has 35 heavy (non-hydrogen) atoms. The molecule has 3 heterocycles. The van der Waals surface area contributed by atoms with Crippen LogP contribution in [-0.4, -0.2) is 54.3 Å². The fourth-order valence-electron chi connectivity index (χ4n) is 4.57. The molecule has 9 nitrogen and oxygen atoms in total. The zero-order chi connectivity index (χ0) is 24.9. The second-order valence-corrected chi connectivity index (χ2v) is 8.82. The molecule has 2 aromatic rings. The van der Waals surface area contributed by atoms with E-state index in [0.717, 1.165) is 5.56 Å². The van der Waals surface area contributed by atoms with E-state index in [9.17, 15) is 23.6 Å². The summed E-state index contributed by atoms with van der Waals surface area (Å²) in [5, 5.41) is 5.05. The van der Waals surface area contributed by atoms with Crippen molar-refractivity contribution in [2.24, 2.45) is 5.41 Å². The van der Waals surface area contributed by atoms with E-state index in [4.69, 9.17) is 4.74 Å². The molecule has 3 aliphatic heterocycles. The molecule has 178 valence electrons. The largest absolute Gasteiger partial charge is 0.494 e. The topological polar surface area (TPSA) is 108 Å². The highest BCUT2D eigenvalue weighted by Gasteiger charge is 2.49. The van der Waals surface area contributed by atoms with E-state index in [1.807, 2.05) is 0 Å². The minimum atomic E-state index is -1.48. The Morgan fingerprint density at radius 3 is 2.60 bits per heavy atom. The quantitative estimate of drug-likeness (QED) is 0.519. The highest BCUT2D eigenvalue weighted by Crippen LogP contribution is 2.35. The fraction of sp³-hybridized carbons (Fsp3) is 0.280. The molecule has 0 spiro atoms. The van der Waals surface area contributed by atoms with Gasteiger partial charge in [0.25, 0.3) is 5.91 Å². The Balaban J connectivity index is 1.45. The number of anilines is 1. The third-order valence-electron chi connectivity index (χ3n) is 6.43. The van der Waals surface area contributed by atoms with Gasteiger partial charge in [0, 0.05) is 37.9 Å². The summed E-state index contributed by atoms with van der Waals surface area (Å²) in [5.74, 6) is 3.43. The van der Waals surface area contributed by atoms with Crippen molar-refractivity contribution < 1.29 is 28.3 Å². The monoisotopic (exact) mass is 476 g/mol. The van der Waals surface area contributed by atoms with E-state index in [1.165, 1.54) is 23.0 Å². The number of rotatable bonds is 3. The van der Waals surface area contributed by atoms with Crippen molar-refractivity contribution in [1.29, 1.82) is 0 Å². The number of carbonyl (C=O) groups is 4. The number of nitrogens with one attached hydrogen (secondary N) is 2. The molecule has 0 aromatic heterocycles. The average Bonchev–Trinajstić information content (AvgIpc) is 3.28. The van der Waals surface area contributed by atoms with Crippen LogP contribution in [0.25, 0.3) is 0 Å². The number of nitrogens with zero attached hydrogens (tertiary/aromatic N) is 2. The van der Waals surface area contributed by atoms with Crippen LogP contribution in [0.3, 0.4) is 0 Å². The minimum absolute atomic E-state index is 0.0449. The molecule has 1 atom stereocenters. The van der Waals surface area contributed by atoms with Crippen molar-refractivity contribution in [2.45, 2.75) is 19.5 Å². The lowest BCUT2D eigenvalue weighted by molar-refractivity contribution is -0.127. The number of methoxy groups -OCH3 is 1. The number of halogens is 1. The van der Waals surface area contributed by atoms with E-state index in [0.29, 0.717) is 23.4 Å². The number of hydrogen-bond donors (Lipinski definition) is 2. The van der Waals surface area contributed by atoms with Crippen LogP contribution in [0.4, 0.5) is 14.9 Å². The van der Waals surface area contributed by atoms with Crippen LogP contribution in [0.2, 0.25) is 0 Å². The molecule has 0 aliphatic carbocycles. The Labute approximate surface area is 200 Å². The van der Waals surface area contributed by atoms with E-state index in [1.54, 1.807) is 31.3 Å². The molecule has 10 heteroatoms. The maximum absolute atomic E-state index is 14.7. The van der Waals surface area contributed by atoms with Gasteiger partial charge in [0.2, 0.25) is 11.8 Å². The van der Waals surface area contributed by atoms with Crippen molar-refractivity contribution in [3.63, 3.8) is 0 Å². The molecule has 5 rings (SSSR count). The summed E-state index contributed by atoms with van der Waals surface area (Å²) in [4.78, 5) is 52.7. The Hall–Kier alpha value is -4.39. The molecule has 0 bridgehead atoms. The highest BCUT2D eigenvalue weighted by molar-refractivity contribution is 6.08. The second kappa shape index (κ2) is 8.13. The number of hydrogen-bond acceptors (Lipinski definition) is 5. The normalized spacial score (nSPS) is 20.7. The molecule has 0 unspecified atom stereocenters. The SMILES string of the molecule is COc1ccc2c(c1F)C(=O)N(C[C@@]1(C#Cc3ccc4c(c3)CN(C)C(=O)N4)CC(=O)NC1=O)C2. The number of amides is 5. The van der Waals surface area contributed by atoms with Crippen LogP contribution in [0.5, 0.6) is 5.75 Å². The van der Waals surface area contributed by atoms with Crippen LogP contribution in [-0.2, 0) is 22.7 Å². The lowest BCUT2D eigenvalue weighted by atomic mass is 9.85. The Bertz CT molecular complexity index is 1380. The lowest BCUT2D eigenvalue weighted by Crippen LogP contribution is -2.42. The first-order valence-corrected chi connectivity index (χ1v) is 10.9. The number of benzene rings is 2. The fourth-order valence-corrected chi connectivity index (χ4v) is 4.57. The smallest absolute Gasteiger partial charge is 0.321 e. The van der Waals surface area contributed by atoms with Crippen LogP contribution in [0.15, 0.2) is 30.3 Å². The number of imide groups is 1. The van der Waals surface area contributed by atoms with Crippen molar-refractivity contribution in [3.05, 3.63) is 58.4 Å². The zero-order valence-corrected chi connectivity index (χ0v) is 19.0. The Morgan fingerprint density at radius 2 is 1.89 bits per heavy atom. The van der Waals surface area contributed by atoms with Crippen LogP contribution >= 0.6 is 0 Å². The first-order valence-electron chi connectivity index (χ1n) is 10.9. The maximum atomic E-state index is 14.7. The van der Waals surface area contributed by atoms with Crippen LogP contribution < -0.4 is 15.4 Å². The van der Waals surface area contributed by atoms with Gasteiger partial charge >= 0.3 is 6.03 Å². The first-order chi connectivity index (χ1) is 16.7. The molecule has 3 aliphatic rings. The van der Waals surface area contributed by atoms with Crippen LogP contribution in [0, 0.1) is 23.1 Å². The number of urea groups is 1. The summed E-state index contributed by atoms with van der Waals surface area (Å²) in [6.07, 6.45) is -0.214. The van der Waals surface area contributed by atoms with E-state index >= 15 is 0 Å². The molecule has 0 saturated carbocycles. The summed E-state index contributed by atoms with van der Waals surface area (Å²) in [6, 6.07) is 8.09. The van der Waals surface area contributed by atoms with Crippen molar-refractivity contribution in [2.75, 3.05) is 26.0 Å². The number of fused-ring (bicyclic) bond motifs is 2. The summed E-state index contributed by atoms with van der Waals surface area (Å²) in [6.45, 7) is 0.317. The van der Waals surface area contributed by atoms with E-state index < -0.39 is 29.0 Å². The zero-order valence-electron chi connectivity index (χ0n) is 19.0. The highest BCUT2D eigenvalue weighted by atomic mass is 19.1. The third-order valence-corrected chi connectivity index (χ3v) is 6.43. The van der Waals surface area contributed by atoms with Crippen molar-refractivity contribution >= 4 is 29.4 Å². The van der Waals surface area contributed by atoms with Crippen molar-refractivity contribution in [3.8, 4) is 17.6 Å². The molecule has 5 amide bonds. The third kappa shape index (κ3) is 3.75. The van der Waals surface area contributed by atoms with Gasteiger partial charge in [-0.3, -0.25) is 19.7 Å². The standard InChI is InChI=1S/C25H21FN4O5/c1-29-11-16-9-14(3-5-17(16)27-24(29)34)7-8-25(10-19(31)28-23(25)33)13-30-12-15-4-6-18(35-2)21(26)20(15)22(30)32/h3-6,9H,10-13H2,1-2H3,(H,27,34)(H,28,31,33)/t25-/m1/s1. The molecular formula is C25H21FN4O5. The van der Waals surface area contributed by atoms with E-state index in [-0.39, 0.29) is 36.9 Å². The van der Waals surface area contributed by atoms with Gasteiger partial charge in [-0.1, -0.05) is 17.9 Å². The second-order valence-electron chi connectivity index (χ2n) is 8.82. The molecule has 2 aromatic carbocycles. The van der Waals surface area contributed by atoms with Gasteiger partial charge in [-0.25, -0.2) is 9.18 Å². The molecule has 0 radical (unpaired) electrons. The van der Waals surface area contributed by atoms with E-state index in [2.05, 4.69) is 22.5 Å². The predicted molar refractivity (Wildman–Crippen MR) is 122 cm³/mol.